The van der Waals surface area contributed by atoms with Crippen LogP contribution in [0.25, 0.3) is 33.4 Å². The Bertz CT molecular complexity index is 1730. The second kappa shape index (κ2) is 14.2. The molecule has 4 aromatic carbocycles. The van der Waals surface area contributed by atoms with Gasteiger partial charge in [0.05, 0.1) is 18.8 Å². The van der Waals surface area contributed by atoms with Crippen LogP contribution >= 0.6 is 0 Å². The number of nitrogens with zero attached hydrogens (tertiary/aromatic N) is 1. The van der Waals surface area contributed by atoms with Gasteiger partial charge in [0.15, 0.2) is 5.78 Å². The van der Waals surface area contributed by atoms with Gasteiger partial charge in [0.25, 0.3) is 5.91 Å². The molecule has 1 heterocycles. The van der Waals surface area contributed by atoms with E-state index in [0.717, 1.165) is 52.0 Å². The van der Waals surface area contributed by atoms with Crippen LogP contribution < -0.4 is 10.2 Å². The average molecular weight is 589 g/mol. The van der Waals surface area contributed by atoms with Gasteiger partial charge < -0.3 is 19.4 Å². The normalized spacial score (nSPS) is 11.1. The van der Waals surface area contributed by atoms with Crippen LogP contribution in [0.15, 0.2) is 95.4 Å². The maximum absolute atomic E-state index is 13.4. The zero-order chi connectivity index (χ0) is 31.1. The number of carbonyl (C=O) groups excluding carboxylic acids is 2. The van der Waals surface area contributed by atoms with Crippen LogP contribution in [-0.2, 0) is 11.3 Å². The van der Waals surface area contributed by atoms with Crippen LogP contribution in [-0.4, -0.2) is 37.9 Å². The van der Waals surface area contributed by atoms with E-state index < -0.39 is 0 Å². The molecular formula is C38H40N2O4. The number of hydrogen-bond donors (Lipinski definition) is 1. The molecule has 1 aromatic heterocycles. The topological polar surface area (TPSA) is 71.8 Å². The van der Waals surface area contributed by atoms with Crippen molar-refractivity contribution in [2.24, 2.45) is 0 Å². The Morgan fingerprint density at radius 1 is 0.841 bits per heavy atom. The van der Waals surface area contributed by atoms with Crippen molar-refractivity contribution in [2.75, 3.05) is 31.1 Å². The van der Waals surface area contributed by atoms with E-state index >= 15 is 0 Å². The molecule has 226 valence electrons. The molecule has 0 atom stereocenters. The first-order valence-corrected chi connectivity index (χ1v) is 15.4. The van der Waals surface area contributed by atoms with E-state index in [-0.39, 0.29) is 11.7 Å². The van der Waals surface area contributed by atoms with E-state index in [0.29, 0.717) is 48.6 Å². The summed E-state index contributed by atoms with van der Waals surface area (Å²) in [4.78, 5) is 28.8. The number of Topliss-reactive ketones (excluding diaryl/α,β-unsaturated/α-hetero) is 1. The molecular weight excluding hydrogens is 548 g/mol. The highest BCUT2D eigenvalue weighted by Crippen LogP contribution is 2.41. The lowest BCUT2D eigenvalue weighted by Gasteiger charge is -2.24. The molecule has 6 nitrogen and oxygen atoms in total. The number of benzene rings is 4. The highest BCUT2D eigenvalue weighted by atomic mass is 16.5. The van der Waals surface area contributed by atoms with Crippen LogP contribution in [0, 0.1) is 6.92 Å². The molecule has 0 saturated carbocycles. The third kappa shape index (κ3) is 6.76. The third-order valence-electron chi connectivity index (χ3n) is 7.90. The summed E-state index contributed by atoms with van der Waals surface area (Å²) in [6.45, 7) is 11.1. The lowest BCUT2D eigenvalue weighted by atomic mass is 9.95. The largest absolute Gasteiger partial charge is 0.455 e. The molecule has 1 N–H and O–H groups in total. The number of ketones is 1. The first-order chi connectivity index (χ1) is 21.4. The molecule has 0 saturated heterocycles. The Balaban J connectivity index is 1.48. The Hall–Kier alpha value is -4.68. The zero-order valence-corrected chi connectivity index (χ0v) is 26.0. The molecule has 0 aliphatic heterocycles. The van der Waals surface area contributed by atoms with Crippen molar-refractivity contribution in [3.8, 4) is 22.5 Å². The summed E-state index contributed by atoms with van der Waals surface area (Å²) in [6.07, 6.45) is 0.366. The van der Waals surface area contributed by atoms with E-state index in [1.165, 1.54) is 0 Å². The van der Waals surface area contributed by atoms with E-state index in [4.69, 9.17) is 9.15 Å². The number of rotatable bonds is 13. The number of nitrogens with one attached hydrogen (secondary N) is 1. The number of carbonyl (C=O) groups is 2. The summed E-state index contributed by atoms with van der Waals surface area (Å²) < 4.78 is 12.2. The molecule has 0 radical (unpaired) electrons. The second-order valence-electron chi connectivity index (χ2n) is 10.9. The van der Waals surface area contributed by atoms with Crippen LogP contribution in [0.2, 0.25) is 0 Å². The van der Waals surface area contributed by atoms with Gasteiger partial charge >= 0.3 is 0 Å². The summed E-state index contributed by atoms with van der Waals surface area (Å²) in [5, 5.41) is 3.76. The standard InChI is InChI=1S/C38H40N2O4/c1-5-34(41)36-32-23-31(33(40(6-2)7-3)24-35(32)44-37(36)28-18-16-26(4)17-19-28)29-14-11-15-30(22-29)38(42)39-20-21-43-25-27-12-9-8-10-13-27/h8-19,22-24H,5-7,20-21,25H2,1-4H3,(H,39,42). The molecule has 0 aliphatic rings. The quantitative estimate of drug-likeness (QED) is 0.110. The average Bonchev–Trinajstić information content (AvgIpc) is 3.43. The minimum absolute atomic E-state index is 0.0310. The number of ether oxygens (including phenoxy) is 1. The van der Waals surface area contributed by atoms with Crippen LogP contribution in [0.1, 0.15) is 59.0 Å². The predicted octanol–water partition coefficient (Wildman–Crippen LogP) is 8.46. The summed E-state index contributed by atoms with van der Waals surface area (Å²) in [7, 11) is 0. The van der Waals surface area contributed by atoms with Gasteiger partial charge in [0.1, 0.15) is 11.3 Å². The fourth-order valence-electron chi connectivity index (χ4n) is 5.48. The molecule has 0 bridgehead atoms. The highest BCUT2D eigenvalue weighted by Gasteiger charge is 2.24. The Morgan fingerprint density at radius 3 is 2.30 bits per heavy atom. The summed E-state index contributed by atoms with van der Waals surface area (Å²) in [5.74, 6) is 0.466. The van der Waals surface area contributed by atoms with Gasteiger partial charge in [-0.1, -0.05) is 79.2 Å². The van der Waals surface area contributed by atoms with E-state index in [1.54, 1.807) is 0 Å². The van der Waals surface area contributed by atoms with Gasteiger partial charge in [0.2, 0.25) is 0 Å². The second-order valence-corrected chi connectivity index (χ2v) is 10.9. The first-order valence-electron chi connectivity index (χ1n) is 15.4. The van der Waals surface area contributed by atoms with Crippen LogP contribution in [0.3, 0.4) is 0 Å². The number of furan rings is 1. The SMILES string of the molecule is CCC(=O)c1c(-c2ccc(C)cc2)oc2cc(N(CC)CC)c(-c3cccc(C(=O)NCCOCc4ccccc4)c3)cc12. The van der Waals surface area contributed by atoms with Crippen molar-refractivity contribution in [2.45, 2.75) is 40.7 Å². The van der Waals surface area contributed by atoms with Crippen molar-refractivity contribution in [1.29, 1.82) is 0 Å². The van der Waals surface area contributed by atoms with Crippen LogP contribution in [0.5, 0.6) is 0 Å². The lowest BCUT2D eigenvalue weighted by molar-refractivity contribution is 0.0900. The van der Waals surface area contributed by atoms with E-state index in [1.807, 2.05) is 98.8 Å². The molecule has 6 heteroatoms. The van der Waals surface area contributed by atoms with E-state index in [2.05, 4.69) is 30.1 Å². The Kier molecular flexibility index (Phi) is 9.93. The van der Waals surface area contributed by atoms with Gasteiger partial charge in [0, 0.05) is 59.9 Å². The number of fused-ring (bicyclic) bond motifs is 1. The van der Waals surface area contributed by atoms with Crippen LogP contribution in [0.4, 0.5) is 5.69 Å². The molecule has 0 spiro atoms. The smallest absolute Gasteiger partial charge is 0.251 e. The van der Waals surface area contributed by atoms with Gasteiger partial charge in [-0.25, -0.2) is 0 Å². The van der Waals surface area contributed by atoms with Crippen molar-refractivity contribution < 1.29 is 18.7 Å². The van der Waals surface area contributed by atoms with E-state index in [9.17, 15) is 9.59 Å². The summed E-state index contributed by atoms with van der Waals surface area (Å²) in [5.41, 5.74) is 7.79. The Labute approximate surface area is 259 Å². The van der Waals surface area contributed by atoms with Gasteiger partial charge in [-0.3, -0.25) is 9.59 Å². The number of amides is 1. The Morgan fingerprint density at radius 2 is 1.59 bits per heavy atom. The maximum atomic E-state index is 13.4. The monoisotopic (exact) mass is 588 g/mol. The molecule has 5 aromatic rings. The van der Waals surface area contributed by atoms with Gasteiger partial charge in [-0.05, 0) is 50.1 Å². The van der Waals surface area contributed by atoms with Crippen molar-refractivity contribution in [3.63, 3.8) is 0 Å². The molecule has 0 unspecified atom stereocenters. The number of hydrogen-bond acceptors (Lipinski definition) is 5. The lowest BCUT2D eigenvalue weighted by Crippen LogP contribution is -2.27. The number of anilines is 1. The summed E-state index contributed by atoms with van der Waals surface area (Å²) in [6, 6.07) is 29.8. The van der Waals surface area contributed by atoms with Crippen molar-refractivity contribution in [3.05, 3.63) is 113 Å². The third-order valence-corrected chi connectivity index (χ3v) is 7.90. The minimum Gasteiger partial charge on any atom is -0.455 e. The fourth-order valence-corrected chi connectivity index (χ4v) is 5.48. The molecule has 1 amide bonds. The maximum Gasteiger partial charge on any atom is 0.251 e. The summed E-state index contributed by atoms with van der Waals surface area (Å²) >= 11 is 0. The first kappa shape index (κ1) is 30.8. The highest BCUT2D eigenvalue weighted by molar-refractivity contribution is 6.13. The molecule has 0 aliphatic carbocycles. The van der Waals surface area contributed by atoms with Gasteiger partial charge in [-0.15, -0.1) is 0 Å². The number of aryl methyl sites for hydroxylation is 1. The fraction of sp³-hybridized carbons (Fsp3) is 0.263. The van der Waals surface area contributed by atoms with Gasteiger partial charge in [-0.2, -0.15) is 0 Å². The van der Waals surface area contributed by atoms with Crippen molar-refractivity contribution in [1.82, 2.24) is 5.32 Å². The molecule has 5 rings (SSSR count). The predicted molar refractivity (Wildman–Crippen MR) is 178 cm³/mol. The molecule has 44 heavy (non-hydrogen) atoms. The van der Waals surface area contributed by atoms with Crippen molar-refractivity contribution >= 4 is 28.3 Å². The minimum atomic E-state index is -0.160. The zero-order valence-electron chi connectivity index (χ0n) is 26.0. The molecule has 0 fully saturated rings.